The zero-order chi connectivity index (χ0) is 23.3. The van der Waals surface area contributed by atoms with E-state index in [0.29, 0.717) is 24.4 Å². The molecule has 1 heterocycles. The number of sulfone groups is 1. The highest BCUT2D eigenvalue weighted by Crippen LogP contribution is 2.17. The molecule has 0 aliphatic rings. The molecular formula is C23H25N3O5S. The Balaban J connectivity index is 1.63. The molecule has 9 heteroatoms. The molecule has 0 atom stereocenters. The molecule has 0 aliphatic heterocycles. The first-order valence-corrected chi connectivity index (χ1v) is 11.9. The van der Waals surface area contributed by atoms with Crippen LogP contribution in [-0.4, -0.2) is 55.5 Å². The number of benzene rings is 2. The minimum Gasteiger partial charge on any atom is -0.493 e. The lowest BCUT2D eigenvalue weighted by Gasteiger charge is -2.18. The molecule has 0 radical (unpaired) electrons. The second-order valence-electron chi connectivity index (χ2n) is 7.42. The molecule has 0 spiro atoms. The number of aryl methyl sites for hydroxylation is 1. The summed E-state index contributed by atoms with van der Waals surface area (Å²) in [5.41, 5.74) is 0.806. The molecule has 8 nitrogen and oxygen atoms in total. The quantitative estimate of drug-likeness (QED) is 0.484. The molecule has 0 saturated heterocycles. The minimum absolute atomic E-state index is 0.149. The second kappa shape index (κ2) is 9.78. The standard InChI is InChI=1S/C23H25N3O5S/c1-17-15-21(27)22(24-26(17)18-9-5-4-6-10-18)23(28)25(2)13-8-14-31-19-11-7-12-20(16-19)32(3,29)30/h4-7,9-12,15-16H,8,13-14H2,1-3H3. The van der Waals surface area contributed by atoms with Crippen LogP contribution in [0.1, 0.15) is 22.6 Å². The van der Waals surface area contributed by atoms with Gasteiger partial charge in [-0.3, -0.25) is 9.59 Å². The third-order valence-corrected chi connectivity index (χ3v) is 5.91. The zero-order valence-corrected chi connectivity index (χ0v) is 19.0. The number of amides is 1. The first-order chi connectivity index (χ1) is 15.2. The molecule has 0 fully saturated rings. The van der Waals surface area contributed by atoms with E-state index in [0.717, 1.165) is 11.9 Å². The van der Waals surface area contributed by atoms with Crippen molar-refractivity contribution in [1.29, 1.82) is 0 Å². The van der Waals surface area contributed by atoms with Crippen molar-refractivity contribution in [3.63, 3.8) is 0 Å². The van der Waals surface area contributed by atoms with Gasteiger partial charge in [-0.25, -0.2) is 13.1 Å². The summed E-state index contributed by atoms with van der Waals surface area (Å²) in [4.78, 5) is 26.8. The molecule has 0 bridgehead atoms. The number of rotatable bonds is 8. The first kappa shape index (κ1) is 23.2. The van der Waals surface area contributed by atoms with Crippen LogP contribution in [-0.2, 0) is 9.84 Å². The molecule has 0 unspecified atom stereocenters. The predicted octanol–water partition coefficient (Wildman–Crippen LogP) is 2.49. The minimum atomic E-state index is -3.31. The third kappa shape index (κ3) is 5.61. The van der Waals surface area contributed by atoms with E-state index in [-0.39, 0.29) is 17.2 Å². The van der Waals surface area contributed by atoms with E-state index in [1.54, 1.807) is 30.8 Å². The van der Waals surface area contributed by atoms with E-state index in [2.05, 4.69) is 5.10 Å². The van der Waals surface area contributed by atoms with Crippen LogP contribution in [0.3, 0.4) is 0 Å². The van der Waals surface area contributed by atoms with Gasteiger partial charge in [0.1, 0.15) is 5.75 Å². The fourth-order valence-corrected chi connectivity index (χ4v) is 3.75. The highest BCUT2D eigenvalue weighted by Gasteiger charge is 2.19. The Kier molecular flexibility index (Phi) is 7.09. The number of hydrogen-bond donors (Lipinski definition) is 0. The number of ether oxygens (including phenoxy) is 1. The largest absolute Gasteiger partial charge is 0.493 e. The maximum Gasteiger partial charge on any atom is 0.278 e. The first-order valence-electron chi connectivity index (χ1n) is 10.0. The van der Waals surface area contributed by atoms with Crippen LogP contribution in [0.25, 0.3) is 5.69 Å². The fraction of sp³-hybridized carbons (Fsp3) is 0.261. The van der Waals surface area contributed by atoms with Crippen molar-refractivity contribution in [2.45, 2.75) is 18.2 Å². The molecule has 0 N–H and O–H groups in total. The summed E-state index contributed by atoms with van der Waals surface area (Å²) in [5, 5.41) is 4.30. The van der Waals surface area contributed by atoms with Gasteiger partial charge in [-0.1, -0.05) is 24.3 Å². The van der Waals surface area contributed by atoms with Crippen LogP contribution < -0.4 is 10.2 Å². The van der Waals surface area contributed by atoms with Crippen LogP contribution in [0.4, 0.5) is 0 Å². The van der Waals surface area contributed by atoms with E-state index in [1.165, 1.54) is 23.1 Å². The van der Waals surface area contributed by atoms with Crippen LogP contribution in [0.5, 0.6) is 5.75 Å². The number of carbonyl (C=O) groups excluding carboxylic acids is 1. The number of nitrogens with zero attached hydrogens (tertiary/aromatic N) is 3. The Morgan fingerprint density at radius 1 is 1.09 bits per heavy atom. The zero-order valence-electron chi connectivity index (χ0n) is 18.2. The average molecular weight is 456 g/mol. The smallest absolute Gasteiger partial charge is 0.278 e. The van der Waals surface area contributed by atoms with Crippen molar-refractivity contribution >= 4 is 15.7 Å². The van der Waals surface area contributed by atoms with E-state index < -0.39 is 21.2 Å². The highest BCUT2D eigenvalue weighted by atomic mass is 32.2. The summed E-state index contributed by atoms with van der Waals surface area (Å²) >= 11 is 0. The van der Waals surface area contributed by atoms with Crippen LogP contribution in [0.2, 0.25) is 0 Å². The molecule has 1 amide bonds. The van der Waals surface area contributed by atoms with Gasteiger partial charge >= 0.3 is 0 Å². The van der Waals surface area contributed by atoms with Gasteiger partial charge in [0.25, 0.3) is 5.91 Å². The van der Waals surface area contributed by atoms with Crippen molar-refractivity contribution in [2.24, 2.45) is 0 Å². The Morgan fingerprint density at radius 3 is 2.50 bits per heavy atom. The summed E-state index contributed by atoms with van der Waals surface area (Å²) in [6, 6.07) is 16.9. The molecule has 3 aromatic rings. The molecule has 0 saturated carbocycles. The summed E-state index contributed by atoms with van der Waals surface area (Å²) in [6.07, 6.45) is 1.63. The third-order valence-electron chi connectivity index (χ3n) is 4.80. The Labute approximate surface area is 187 Å². The fourth-order valence-electron chi connectivity index (χ4n) is 3.09. The van der Waals surface area contributed by atoms with Crippen molar-refractivity contribution in [3.05, 3.63) is 82.3 Å². The van der Waals surface area contributed by atoms with Gasteiger partial charge in [0.15, 0.2) is 15.5 Å². The van der Waals surface area contributed by atoms with E-state index in [4.69, 9.17) is 4.74 Å². The van der Waals surface area contributed by atoms with Gasteiger partial charge in [-0.15, -0.1) is 0 Å². The summed E-state index contributed by atoms with van der Waals surface area (Å²) in [5.74, 6) is -0.0355. The average Bonchev–Trinajstić information content (AvgIpc) is 2.76. The van der Waals surface area contributed by atoms with Gasteiger partial charge in [0.05, 0.1) is 17.2 Å². The Bertz CT molecular complexity index is 1270. The number of aromatic nitrogens is 2. The predicted molar refractivity (Wildman–Crippen MR) is 121 cm³/mol. The maximum atomic E-state index is 12.8. The topological polar surface area (TPSA) is 98.6 Å². The van der Waals surface area contributed by atoms with Gasteiger partial charge < -0.3 is 9.64 Å². The van der Waals surface area contributed by atoms with Crippen molar-refractivity contribution in [1.82, 2.24) is 14.7 Å². The second-order valence-corrected chi connectivity index (χ2v) is 9.44. The normalized spacial score (nSPS) is 11.2. The molecule has 1 aromatic heterocycles. The van der Waals surface area contributed by atoms with Crippen molar-refractivity contribution in [2.75, 3.05) is 26.5 Å². The summed E-state index contributed by atoms with van der Waals surface area (Å²) < 4.78 is 30.5. The van der Waals surface area contributed by atoms with E-state index in [9.17, 15) is 18.0 Å². The van der Waals surface area contributed by atoms with Crippen LogP contribution in [0.15, 0.2) is 70.4 Å². The lowest BCUT2D eigenvalue weighted by atomic mass is 10.2. The molecule has 168 valence electrons. The molecule has 0 aliphatic carbocycles. The lowest BCUT2D eigenvalue weighted by molar-refractivity contribution is 0.0778. The Morgan fingerprint density at radius 2 is 1.81 bits per heavy atom. The SMILES string of the molecule is Cc1cc(=O)c(C(=O)N(C)CCCOc2cccc(S(C)(=O)=O)c2)nn1-c1ccccc1. The number of hydrogen-bond acceptors (Lipinski definition) is 6. The molecule has 32 heavy (non-hydrogen) atoms. The van der Waals surface area contributed by atoms with Gasteiger partial charge in [-0.2, -0.15) is 5.10 Å². The van der Waals surface area contributed by atoms with Crippen molar-refractivity contribution < 1.29 is 17.9 Å². The van der Waals surface area contributed by atoms with Crippen LogP contribution in [0, 0.1) is 6.92 Å². The number of para-hydroxylation sites is 1. The molecule has 2 aromatic carbocycles. The molecule has 3 rings (SSSR count). The maximum absolute atomic E-state index is 12.8. The van der Waals surface area contributed by atoms with E-state index >= 15 is 0 Å². The van der Waals surface area contributed by atoms with Gasteiger partial charge in [-0.05, 0) is 43.7 Å². The van der Waals surface area contributed by atoms with E-state index in [1.807, 2.05) is 30.3 Å². The lowest BCUT2D eigenvalue weighted by Crippen LogP contribution is -2.34. The Hall–Kier alpha value is -3.46. The van der Waals surface area contributed by atoms with Crippen LogP contribution >= 0.6 is 0 Å². The van der Waals surface area contributed by atoms with Gasteiger partial charge in [0, 0.05) is 31.6 Å². The monoisotopic (exact) mass is 455 g/mol. The van der Waals surface area contributed by atoms with Gasteiger partial charge in [0.2, 0.25) is 5.43 Å². The summed E-state index contributed by atoms with van der Waals surface area (Å²) in [6.45, 7) is 2.38. The molecular weight excluding hydrogens is 430 g/mol. The summed E-state index contributed by atoms with van der Waals surface area (Å²) in [7, 11) is -1.72. The number of carbonyl (C=O) groups is 1. The highest BCUT2D eigenvalue weighted by molar-refractivity contribution is 7.90. The van der Waals surface area contributed by atoms with Crippen molar-refractivity contribution in [3.8, 4) is 11.4 Å².